The molecule has 0 spiro atoms. The Balaban J connectivity index is 0.000000374. The number of hydrogen-bond acceptors (Lipinski definition) is 8. The van der Waals surface area contributed by atoms with Crippen LogP contribution >= 0.6 is 34.7 Å². The van der Waals surface area contributed by atoms with Gasteiger partial charge in [-0.05, 0) is 141 Å². The zero-order valence-electron chi connectivity index (χ0n) is 31.9. The number of benzene rings is 2. The van der Waals surface area contributed by atoms with E-state index in [1.807, 2.05) is 26.0 Å². The smallest absolute Gasteiger partial charge is 0.243 e. The first-order valence-corrected chi connectivity index (χ1v) is 21.8. The molecule has 0 amide bonds. The maximum Gasteiger partial charge on any atom is 0.243 e. The number of sulfonamides is 2. The van der Waals surface area contributed by atoms with Crippen LogP contribution in [0.1, 0.15) is 114 Å². The predicted molar refractivity (Wildman–Crippen MR) is 227 cm³/mol. The van der Waals surface area contributed by atoms with Gasteiger partial charge in [0.15, 0.2) is 0 Å². The van der Waals surface area contributed by atoms with Crippen molar-refractivity contribution in [2.24, 2.45) is 5.73 Å². The maximum atomic E-state index is 12.5. The van der Waals surface area contributed by atoms with Crippen molar-refractivity contribution in [2.75, 3.05) is 0 Å². The number of halogens is 2. The van der Waals surface area contributed by atoms with E-state index >= 15 is 0 Å². The molecule has 312 valence electrons. The molecule has 2 aliphatic carbocycles. The van der Waals surface area contributed by atoms with E-state index in [4.69, 9.17) is 10.8 Å². The maximum absolute atomic E-state index is 12.5. The van der Waals surface area contributed by atoms with Crippen LogP contribution in [-0.2, 0) is 20.0 Å². The molecule has 1 atom stereocenters. The lowest BCUT2D eigenvalue weighted by molar-refractivity contribution is 0.120. The van der Waals surface area contributed by atoms with Gasteiger partial charge in [-0.15, -0.1) is 24.8 Å². The van der Waals surface area contributed by atoms with Gasteiger partial charge in [-0.3, -0.25) is 0 Å². The van der Waals surface area contributed by atoms with E-state index in [0.717, 1.165) is 74.6 Å². The Labute approximate surface area is 340 Å². The summed E-state index contributed by atoms with van der Waals surface area (Å²) in [5.41, 5.74) is 7.71. The Hall–Kier alpha value is -0.930. The van der Waals surface area contributed by atoms with Crippen LogP contribution in [0.25, 0.3) is 0 Å². The van der Waals surface area contributed by atoms with E-state index in [1.54, 1.807) is 40.7 Å². The van der Waals surface area contributed by atoms with Gasteiger partial charge in [0, 0.05) is 36.3 Å². The lowest BCUT2D eigenvalue weighted by atomic mass is 9.94. The van der Waals surface area contributed by atoms with E-state index in [0.29, 0.717) is 41.5 Å². The van der Waals surface area contributed by atoms with E-state index in [-0.39, 0.29) is 70.5 Å². The Morgan fingerprint density at radius 1 is 0.611 bits per heavy atom. The van der Waals surface area contributed by atoms with Crippen molar-refractivity contribution in [2.45, 2.75) is 175 Å². The van der Waals surface area contributed by atoms with Gasteiger partial charge in [-0.25, -0.2) is 21.6 Å². The summed E-state index contributed by atoms with van der Waals surface area (Å²) in [6.07, 6.45) is 16.2. The number of aliphatic hydroxyl groups is 2. The van der Waals surface area contributed by atoms with E-state index in [9.17, 15) is 21.9 Å². The standard InChI is InChI=1S/C13H19NO3S.C13H17NO2S.C6H13NO.C6H11N.2ClH.H2O.H3P/c1-10-2-8-13(9-3-10)18(16,17)14-11-4-6-12(15)7-5-11;1-10-2-8-13(9-3-10)17(15,16)14-11-4-5-12(14)7-6-11;7-5-1-3-6(8)4-2-5;1-2-6-4-3-5(1)7-6;;;;/h2-3,8-9,11-12,14-15H,4-7H2,1H3;2-3,8-9,11-12H,4-7H2,1H3;5-6,8H,1-4,7H2;5-7H,1-4H2;2*1H;1H2;1H3. The third-order valence-corrected chi connectivity index (χ3v) is 14.8. The minimum absolute atomic E-state index is 0. The van der Waals surface area contributed by atoms with Gasteiger partial charge in [0.25, 0.3) is 0 Å². The predicted octanol–water partition coefficient (Wildman–Crippen LogP) is 5.11. The van der Waals surface area contributed by atoms with Crippen LogP contribution in [0.2, 0.25) is 0 Å². The molecule has 1 unspecified atom stereocenters. The average Bonchev–Trinajstić information content (AvgIpc) is 3.93. The lowest BCUT2D eigenvalue weighted by Crippen LogP contribution is -2.38. The van der Waals surface area contributed by atoms with Gasteiger partial charge in [0.1, 0.15) is 0 Å². The SMILES string of the molecule is C1CC2CCC1N2.Cc1ccc(S(=O)(=O)N2C3CCC2CC3)cc1.Cc1ccc(S(=O)(=O)NC2CCC(O)CC2)cc1.Cl.Cl.NC1CCC(O)CC1.O.P. The van der Waals surface area contributed by atoms with Crippen molar-refractivity contribution in [3.63, 3.8) is 0 Å². The molecule has 54 heavy (non-hydrogen) atoms. The van der Waals surface area contributed by atoms with Gasteiger partial charge < -0.3 is 26.7 Å². The van der Waals surface area contributed by atoms with Gasteiger partial charge in [-0.2, -0.15) is 14.2 Å². The molecule has 2 saturated carbocycles. The monoisotopic (exact) mass is 856 g/mol. The fraction of sp³-hybridized carbons (Fsp3) is 0.684. The number of rotatable bonds is 5. The first kappa shape index (κ1) is 51.1. The molecule has 0 aromatic heterocycles. The van der Waals surface area contributed by atoms with Crippen molar-refractivity contribution in [3.8, 4) is 0 Å². The number of aliphatic hydroxyl groups excluding tert-OH is 2. The summed E-state index contributed by atoms with van der Waals surface area (Å²) in [5.74, 6) is 0. The number of nitrogens with one attached hydrogen (secondary N) is 2. The van der Waals surface area contributed by atoms with Gasteiger partial charge >= 0.3 is 0 Å². The molecule has 2 aromatic rings. The van der Waals surface area contributed by atoms with Crippen molar-refractivity contribution in [1.82, 2.24) is 14.3 Å². The molecule has 4 aliphatic heterocycles. The molecule has 8 rings (SSSR count). The Morgan fingerprint density at radius 2 is 0.981 bits per heavy atom. The summed E-state index contributed by atoms with van der Waals surface area (Å²) < 4.78 is 53.8. The Kier molecular flexibility index (Phi) is 22.2. The van der Waals surface area contributed by atoms with Crippen LogP contribution in [0.4, 0.5) is 0 Å². The fourth-order valence-electron chi connectivity index (χ4n) is 8.15. The zero-order chi connectivity index (χ0) is 35.9. The summed E-state index contributed by atoms with van der Waals surface area (Å²) in [4.78, 5) is 0.751. The molecule has 8 N–H and O–H groups in total. The molecule has 0 radical (unpaired) electrons. The molecular weight excluding hydrogens is 790 g/mol. The summed E-state index contributed by atoms with van der Waals surface area (Å²) in [7, 11) is -6.68. The Morgan fingerprint density at radius 3 is 1.33 bits per heavy atom. The molecule has 16 heteroatoms. The summed E-state index contributed by atoms with van der Waals surface area (Å²) in [5, 5.41) is 21.9. The topological polar surface area (TPSA) is 194 Å². The van der Waals surface area contributed by atoms with Crippen molar-refractivity contribution < 1.29 is 32.5 Å². The number of nitrogens with two attached hydrogens (primary N) is 1. The largest absolute Gasteiger partial charge is 0.412 e. The van der Waals surface area contributed by atoms with Crippen LogP contribution in [-0.4, -0.2) is 85.3 Å². The highest BCUT2D eigenvalue weighted by Crippen LogP contribution is 2.41. The molecule has 4 bridgehead atoms. The van der Waals surface area contributed by atoms with Crippen LogP contribution in [0, 0.1) is 13.8 Å². The summed E-state index contributed by atoms with van der Waals surface area (Å²) in [6, 6.07) is 16.7. The molecule has 6 fully saturated rings. The van der Waals surface area contributed by atoms with E-state index in [1.165, 1.54) is 25.7 Å². The second-order valence-corrected chi connectivity index (χ2v) is 18.9. The van der Waals surface area contributed by atoms with Crippen LogP contribution in [0.5, 0.6) is 0 Å². The number of fused-ring (bicyclic) bond motifs is 4. The lowest BCUT2D eigenvalue weighted by Gasteiger charge is -2.25. The molecule has 11 nitrogen and oxygen atoms in total. The molecule has 2 aromatic carbocycles. The summed E-state index contributed by atoms with van der Waals surface area (Å²) in [6.45, 7) is 3.89. The highest BCUT2D eigenvalue weighted by molar-refractivity contribution is 7.89. The average molecular weight is 858 g/mol. The fourth-order valence-corrected chi connectivity index (χ4v) is 11.4. The van der Waals surface area contributed by atoms with E-state index < -0.39 is 20.0 Å². The van der Waals surface area contributed by atoms with Gasteiger partial charge in [0.2, 0.25) is 20.0 Å². The minimum Gasteiger partial charge on any atom is -0.412 e. The van der Waals surface area contributed by atoms with Crippen molar-refractivity contribution in [3.05, 3.63) is 59.7 Å². The summed E-state index contributed by atoms with van der Waals surface area (Å²) >= 11 is 0. The third kappa shape index (κ3) is 14.5. The molecule has 4 saturated heterocycles. The second-order valence-electron chi connectivity index (χ2n) is 15.3. The van der Waals surface area contributed by atoms with Crippen molar-refractivity contribution in [1.29, 1.82) is 0 Å². The highest BCUT2D eigenvalue weighted by atomic mass is 35.5. The van der Waals surface area contributed by atoms with Crippen molar-refractivity contribution >= 4 is 54.8 Å². The van der Waals surface area contributed by atoms with Crippen LogP contribution in [0.15, 0.2) is 58.3 Å². The van der Waals surface area contributed by atoms with Crippen LogP contribution < -0.4 is 15.8 Å². The quantitative estimate of drug-likeness (QED) is 0.256. The molecule has 6 aliphatic rings. The second kappa shape index (κ2) is 23.5. The first-order chi connectivity index (χ1) is 23.8. The minimum atomic E-state index is -3.43. The molecule has 4 heterocycles. The normalized spacial score (nSPS) is 29.5. The first-order valence-electron chi connectivity index (χ1n) is 18.9. The molecular formula is C38H67Cl2N4O7PS2. The number of hydrogen-bond donors (Lipinski definition) is 5. The van der Waals surface area contributed by atoms with Gasteiger partial charge in [0.05, 0.1) is 22.0 Å². The van der Waals surface area contributed by atoms with Crippen LogP contribution in [0.3, 0.4) is 0 Å². The zero-order valence-corrected chi connectivity index (χ0v) is 36.6. The highest BCUT2D eigenvalue weighted by Gasteiger charge is 2.46. The number of aryl methyl sites for hydroxylation is 2. The Bertz CT molecular complexity index is 1530. The van der Waals surface area contributed by atoms with Gasteiger partial charge in [-0.1, -0.05) is 35.4 Å². The number of nitrogens with zero attached hydrogens (tertiary/aromatic N) is 1. The van der Waals surface area contributed by atoms with E-state index in [2.05, 4.69) is 10.0 Å². The third-order valence-electron chi connectivity index (χ3n) is 11.3.